The lowest BCUT2D eigenvalue weighted by Gasteiger charge is -2.23. The Morgan fingerprint density at radius 1 is 1.50 bits per heavy atom. The molecule has 0 bridgehead atoms. The molecule has 3 heteroatoms. The van der Waals surface area contributed by atoms with Crippen molar-refractivity contribution < 1.29 is 9.53 Å². The van der Waals surface area contributed by atoms with E-state index in [0.29, 0.717) is 6.54 Å². The van der Waals surface area contributed by atoms with Crippen molar-refractivity contribution in [1.29, 1.82) is 0 Å². The molecular weight excluding hydrogens is 178 g/mol. The van der Waals surface area contributed by atoms with E-state index in [2.05, 4.69) is 25.1 Å². The molecule has 0 heterocycles. The maximum Gasteiger partial charge on any atom is 0.323 e. The number of terminal acetylenes is 1. The minimum absolute atomic E-state index is 0.228. The van der Waals surface area contributed by atoms with Crippen LogP contribution in [0.15, 0.2) is 0 Å². The van der Waals surface area contributed by atoms with Crippen LogP contribution in [-0.4, -0.2) is 25.7 Å². The van der Waals surface area contributed by atoms with Crippen molar-refractivity contribution in [1.82, 2.24) is 5.32 Å². The number of carbonyl (C=O) groups excluding carboxylic acids is 1. The zero-order chi connectivity index (χ0) is 11.0. The number of ether oxygens (including phenoxy) is 1. The second-order valence-corrected chi connectivity index (χ2v) is 3.16. The van der Waals surface area contributed by atoms with Gasteiger partial charge in [0.1, 0.15) is 6.04 Å². The number of nitrogens with one attached hydrogen (secondary N) is 1. The van der Waals surface area contributed by atoms with Gasteiger partial charge in [0.25, 0.3) is 0 Å². The number of hydrogen-bond acceptors (Lipinski definition) is 3. The van der Waals surface area contributed by atoms with Gasteiger partial charge in [0.05, 0.1) is 13.7 Å². The van der Waals surface area contributed by atoms with Crippen LogP contribution in [0.25, 0.3) is 0 Å². The molecule has 3 nitrogen and oxygen atoms in total. The van der Waals surface area contributed by atoms with Crippen LogP contribution in [0.2, 0.25) is 0 Å². The van der Waals surface area contributed by atoms with E-state index in [1.807, 2.05) is 0 Å². The molecule has 0 spiro atoms. The zero-order valence-corrected chi connectivity index (χ0v) is 9.17. The second kappa shape index (κ2) is 7.40. The van der Waals surface area contributed by atoms with Gasteiger partial charge in [-0.3, -0.25) is 10.1 Å². The molecule has 1 atom stereocenters. The maximum absolute atomic E-state index is 11.4. The maximum atomic E-state index is 11.4. The number of hydrogen-bond donors (Lipinski definition) is 1. The van der Waals surface area contributed by atoms with E-state index in [1.54, 1.807) is 0 Å². The summed E-state index contributed by atoms with van der Waals surface area (Å²) in [6.07, 6.45) is 7.01. The standard InChI is InChI=1S/C11H19NO2/c1-5-8-12-10(11(13)14-4)9(6-2)7-3/h1,9-10,12H,6-8H2,2-4H3. The van der Waals surface area contributed by atoms with Gasteiger partial charge in [-0.05, 0) is 5.92 Å². The van der Waals surface area contributed by atoms with E-state index >= 15 is 0 Å². The van der Waals surface area contributed by atoms with Crippen molar-refractivity contribution in [2.75, 3.05) is 13.7 Å². The van der Waals surface area contributed by atoms with Crippen molar-refractivity contribution in [2.24, 2.45) is 5.92 Å². The minimum atomic E-state index is -0.272. The Morgan fingerprint density at radius 2 is 2.07 bits per heavy atom. The molecule has 1 N–H and O–H groups in total. The SMILES string of the molecule is C#CCNC(C(=O)OC)C(CC)CC. The number of methoxy groups -OCH3 is 1. The molecule has 80 valence electrons. The molecule has 0 fully saturated rings. The van der Waals surface area contributed by atoms with Crippen LogP contribution < -0.4 is 5.32 Å². The van der Waals surface area contributed by atoms with Crippen molar-refractivity contribution in [2.45, 2.75) is 32.7 Å². The Hall–Kier alpha value is -1.01. The van der Waals surface area contributed by atoms with Gasteiger partial charge in [0, 0.05) is 0 Å². The van der Waals surface area contributed by atoms with E-state index in [-0.39, 0.29) is 17.9 Å². The summed E-state index contributed by atoms with van der Waals surface area (Å²) >= 11 is 0. The van der Waals surface area contributed by atoms with E-state index in [9.17, 15) is 4.79 Å². The van der Waals surface area contributed by atoms with Gasteiger partial charge in [-0.25, -0.2) is 0 Å². The molecule has 14 heavy (non-hydrogen) atoms. The Labute approximate surface area is 86.2 Å². The summed E-state index contributed by atoms with van der Waals surface area (Å²) in [4.78, 5) is 11.4. The van der Waals surface area contributed by atoms with Crippen LogP contribution >= 0.6 is 0 Å². The highest BCUT2D eigenvalue weighted by Gasteiger charge is 2.25. The molecule has 0 aliphatic rings. The Kier molecular flexibility index (Phi) is 6.87. The molecule has 1 unspecified atom stereocenters. The normalized spacial score (nSPS) is 12.2. The first-order valence-electron chi connectivity index (χ1n) is 4.95. The number of esters is 1. The lowest BCUT2D eigenvalue weighted by atomic mass is 9.94. The van der Waals surface area contributed by atoms with Crippen LogP contribution in [0.3, 0.4) is 0 Å². The predicted molar refractivity (Wildman–Crippen MR) is 56.7 cm³/mol. The molecule has 0 aliphatic carbocycles. The summed E-state index contributed by atoms with van der Waals surface area (Å²) in [5.41, 5.74) is 0. The van der Waals surface area contributed by atoms with Crippen LogP contribution in [0.1, 0.15) is 26.7 Å². The van der Waals surface area contributed by atoms with Crippen molar-refractivity contribution in [3.05, 3.63) is 0 Å². The highest BCUT2D eigenvalue weighted by Crippen LogP contribution is 2.14. The molecule has 0 radical (unpaired) electrons. The van der Waals surface area contributed by atoms with Gasteiger partial charge < -0.3 is 4.74 Å². The van der Waals surface area contributed by atoms with Crippen molar-refractivity contribution in [3.63, 3.8) is 0 Å². The Balaban J connectivity index is 4.37. The lowest BCUT2D eigenvalue weighted by Crippen LogP contribution is -2.43. The number of carbonyl (C=O) groups is 1. The van der Waals surface area contributed by atoms with Gasteiger partial charge in [-0.2, -0.15) is 0 Å². The van der Waals surface area contributed by atoms with E-state index in [4.69, 9.17) is 11.2 Å². The van der Waals surface area contributed by atoms with Gasteiger partial charge in [-0.1, -0.05) is 32.6 Å². The summed E-state index contributed by atoms with van der Waals surface area (Å²) < 4.78 is 4.72. The van der Waals surface area contributed by atoms with Crippen LogP contribution in [0.4, 0.5) is 0 Å². The zero-order valence-electron chi connectivity index (χ0n) is 9.17. The average molecular weight is 197 g/mol. The molecule has 0 amide bonds. The Bertz CT molecular complexity index is 204. The molecule has 0 saturated carbocycles. The molecule has 0 aromatic rings. The summed E-state index contributed by atoms with van der Waals surface area (Å²) in [5.74, 6) is 2.52. The fraction of sp³-hybridized carbons (Fsp3) is 0.727. The minimum Gasteiger partial charge on any atom is -0.468 e. The van der Waals surface area contributed by atoms with Gasteiger partial charge in [-0.15, -0.1) is 6.42 Å². The van der Waals surface area contributed by atoms with Crippen LogP contribution in [0, 0.1) is 18.3 Å². The van der Waals surface area contributed by atoms with E-state index in [0.717, 1.165) is 12.8 Å². The van der Waals surface area contributed by atoms with Crippen LogP contribution in [-0.2, 0) is 9.53 Å². The molecule has 0 aromatic carbocycles. The largest absolute Gasteiger partial charge is 0.468 e. The molecule has 0 aliphatic heterocycles. The topological polar surface area (TPSA) is 38.3 Å². The summed E-state index contributed by atoms with van der Waals surface area (Å²) in [7, 11) is 1.40. The third kappa shape index (κ3) is 3.80. The molecule has 0 aromatic heterocycles. The quantitative estimate of drug-likeness (QED) is 0.513. The first-order chi connectivity index (χ1) is 6.71. The van der Waals surface area contributed by atoms with Crippen molar-refractivity contribution >= 4 is 5.97 Å². The third-order valence-electron chi connectivity index (χ3n) is 2.40. The highest BCUT2D eigenvalue weighted by atomic mass is 16.5. The Morgan fingerprint density at radius 3 is 2.43 bits per heavy atom. The average Bonchev–Trinajstić information content (AvgIpc) is 2.23. The van der Waals surface area contributed by atoms with E-state index < -0.39 is 0 Å². The molecule has 0 saturated heterocycles. The first-order valence-corrected chi connectivity index (χ1v) is 4.95. The molecule has 0 rings (SSSR count). The number of rotatable bonds is 6. The third-order valence-corrected chi connectivity index (χ3v) is 2.40. The fourth-order valence-electron chi connectivity index (χ4n) is 1.50. The lowest BCUT2D eigenvalue weighted by molar-refractivity contribution is -0.144. The van der Waals surface area contributed by atoms with Crippen LogP contribution in [0.5, 0.6) is 0 Å². The highest BCUT2D eigenvalue weighted by molar-refractivity contribution is 5.76. The second-order valence-electron chi connectivity index (χ2n) is 3.16. The predicted octanol–water partition coefficient (Wildman–Crippen LogP) is 1.19. The van der Waals surface area contributed by atoms with Gasteiger partial charge >= 0.3 is 5.97 Å². The van der Waals surface area contributed by atoms with E-state index in [1.165, 1.54) is 7.11 Å². The summed E-state index contributed by atoms with van der Waals surface area (Å²) in [6.45, 7) is 4.51. The smallest absolute Gasteiger partial charge is 0.323 e. The first kappa shape index (κ1) is 13.0. The summed E-state index contributed by atoms with van der Waals surface area (Å²) in [6, 6.07) is -0.272. The monoisotopic (exact) mass is 197 g/mol. The summed E-state index contributed by atoms with van der Waals surface area (Å²) in [5, 5.41) is 3.01. The van der Waals surface area contributed by atoms with Crippen molar-refractivity contribution in [3.8, 4) is 12.3 Å². The van der Waals surface area contributed by atoms with Gasteiger partial charge in [0.2, 0.25) is 0 Å². The van der Waals surface area contributed by atoms with Gasteiger partial charge in [0.15, 0.2) is 0 Å². The fourth-order valence-corrected chi connectivity index (χ4v) is 1.50. The molecular formula is C11H19NO2.